The Kier molecular flexibility index (Phi) is 7.44. The summed E-state index contributed by atoms with van der Waals surface area (Å²) in [5.74, 6) is -0.723. The van der Waals surface area contributed by atoms with E-state index in [9.17, 15) is 14.0 Å². The maximum atomic E-state index is 14.9. The molecule has 194 valence electrons. The highest BCUT2D eigenvalue weighted by Crippen LogP contribution is 2.26. The molecule has 0 aliphatic carbocycles. The summed E-state index contributed by atoms with van der Waals surface area (Å²) >= 11 is 0. The van der Waals surface area contributed by atoms with Gasteiger partial charge in [-0.1, -0.05) is 18.2 Å². The molecule has 1 aliphatic rings. The zero-order chi connectivity index (χ0) is 26.5. The first-order valence-corrected chi connectivity index (χ1v) is 12.7. The number of benzene rings is 2. The van der Waals surface area contributed by atoms with E-state index in [1.165, 1.54) is 12.1 Å². The third-order valence-corrected chi connectivity index (χ3v) is 6.65. The molecule has 9 heteroatoms. The molecular formula is C29H29FN6O2. The van der Waals surface area contributed by atoms with E-state index in [-0.39, 0.29) is 24.4 Å². The van der Waals surface area contributed by atoms with E-state index in [0.717, 1.165) is 42.4 Å². The smallest absolute Gasteiger partial charge is 0.254 e. The van der Waals surface area contributed by atoms with E-state index in [1.54, 1.807) is 29.3 Å². The first-order valence-electron chi connectivity index (χ1n) is 12.7. The third-order valence-electron chi connectivity index (χ3n) is 6.65. The number of pyridine rings is 2. The number of likely N-dealkylation sites (tertiary alicyclic amines) is 1. The van der Waals surface area contributed by atoms with Gasteiger partial charge in [-0.2, -0.15) is 0 Å². The normalized spacial score (nSPS) is 13.0. The summed E-state index contributed by atoms with van der Waals surface area (Å²) in [4.78, 5) is 35.4. The van der Waals surface area contributed by atoms with Crippen LogP contribution in [0.4, 0.5) is 15.9 Å². The lowest BCUT2D eigenvalue weighted by Gasteiger charge is -2.15. The number of carbonyl (C=O) groups is 2. The fraction of sp³-hybridized carbons (Fsp3) is 0.241. The highest BCUT2D eigenvalue weighted by molar-refractivity contribution is 5.95. The van der Waals surface area contributed by atoms with Crippen LogP contribution in [0.5, 0.6) is 0 Å². The van der Waals surface area contributed by atoms with Gasteiger partial charge in [0.15, 0.2) is 0 Å². The molecule has 0 saturated carbocycles. The Morgan fingerprint density at radius 1 is 1.03 bits per heavy atom. The van der Waals surface area contributed by atoms with Gasteiger partial charge < -0.3 is 21.3 Å². The van der Waals surface area contributed by atoms with Gasteiger partial charge in [0.1, 0.15) is 11.6 Å². The monoisotopic (exact) mass is 512 g/mol. The first kappa shape index (κ1) is 25.1. The Labute approximate surface area is 220 Å². The molecule has 0 atom stereocenters. The molecule has 1 fully saturated rings. The number of anilines is 2. The fourth-order valence-electron chi connectivity index (χ4n) is 4.55. The molecule has 38 heavy (non-hydrogen) atoms. The van der Waals surface area contributed by atoms with E-state index in [2.05, 4.69) is 26.7 Å². The lowest BCUT2D eigenvalue weighted by Crippen LogP contribution is -2.33. The topological polar surface area (TPSA) is 113 Å². The third kappa shape index (κ3) is 5.72. The largest absolute Gasteiger partial charge is 0.396 e. The van der Waals surface area contributed by atoms with Crippen molar-refractivity contribution in [3.05, 3.63) is 83.8 Å². The van der Waals surface area contributed by atoms with Crippen LogP contribution in [-0.4, -0.2) is 46.3 Å². The van der Waals surface area contributed by atoms with Crippen LogP contribution < -0.4 is 16.4 Å². The van der Waals surface area contributed by atoms with Crippen LogP contribution >= 0.6 is 0 Å². The Balaban J connectivity index is 1.23. The summed E-state index contributed by atoms with van der Waals surface area (Å²) in [5, 5.41) is 6.94. The van der Waals surface area contributed by atoms with Crippen molar-refractivity contribution in [3.8, 4) is 11.3 Å². The van der Waals surface area contributed by atoms with E-state index < -0.39 is 11.7 Å². The molecule has 5 rings (SSSR count). The van der Waals surface area contributed by atoms with Crippen LogP contribution in [0.1, 0.15) is 35.2 Å². The van der Waals surface area contributed by atoms with Gasteiger partial charge in [0.25, 0.3) is 5.91 Å². The summed E-state index contributed by atoms with van der Waals surface area (Å²) in [7, 11) is 0. The number of nitrogens with two attached hydrogens (primary N) is 1. The number of nitrogens with zero attached hydrogens (tertiary/aromatic N) is 3. The lowest BCUT2D eigenvalue weighted by atomic mass is 10.1. The van der Waals surface area contributed by atoms with Gasteiger partial charge in [-0.05, 0) is 60.9 Å². The number of nitrogen functional groups attached to an aromatic ring is 1. The minimum absolute atomic E-state index is 0.00934. The van der Waals surface area contributed by atoms with Gasteiger partial charge in [0.05, 0.1) is 22.5 Å². The SMILES string of the molecule is Nc1ccc(-c2ccc(C(=O)NCCC(=O)N3CCCC3)c(F)c2)nc1NCc1ccc2ncccc2c1. The van der Waals surface area contributed by atoms with Crippen molar-refractivity contribution in [1.29, 1.82) is 0 Å². The molecule has 0 bridgehead atoms. The number of rotatable bonds is 8. The second kappa shape index (κ2) is 11.2. The van der Waals surface area contributed by atoms with Gasteiger partial charge >= 0.3 is 0 Å². The van der Waals surface area contributed by atoms with Crippen molar-refractivity contribution in [2.75, 3.05) is 30.7 Å². The van der Waals surface area contributed by atoms with Crippen molar-refractivity contribution >= 4 is 34.2 Å². The summed E-state index contributed by atoms with van der Waals surface area (Å²) in [6.45, 7) is 2.19. The number of hydrogen-bond donors (Lipinski definition) is 3. The predicted octanol–water partition coefficient (Wildman–Crippen LogP) is 4.37. The van der Waals surface area contributed by atoms with Crippen molar-refractivity contribution in [3.63, 3.8) is 0 Å². The zero-order valence-corrected chi connectivity index (χ0v) is 20.9. The van der Waals surface area contributed by atoms with Crippen molar-refractivity contribution < 1.29 is 14.0 Å². The van der Waals surface area contributed by atoms with E-state index in [0.29, 0.717) is 29.3 Å². The van der Waals surface area contributed by atoms with Crippen LogP contribution in [0.25, 0.3) is 22.2 Å². The Morgan fingerprint density at radius 3 is 2.68 bits per heavy atom. The summed E-state index contributed by atoms with van der Waals surface area (Å²) < 4.78 is 14.9. The molecule has 2 amide bonds. The second-order valence-electron chi connectivity index (χ2n) is 9.31. The second-order valence-corrected chi connectivity index (χ2v) is 9.31. The van der Waals surface area contributed by atoms with Crippen LogP contribution in [0.2, 0.25) is 0 Å². The maximum Gasteiger partial charge on any atom is 0.254 e. The molecule has 4 aromatic rings. The van der Waals surface area contributed by atoms with E-state index >= 15 is 0 Å². The summed E-state index contributed by atoms with van der Waals surface area (Å²) in [6, 6.07) is 17.7. The number of carbonyl (C=O) groups excluding carboxylic acids is 2. The Hall–Kier alpha value is -4.53. The average Bonchev–Trinajstić information content (AvgIpc) is 3.48. The first-order chi connectivity index (χ1) is 18.5. The standard InChI is InChI=1S/C29H29FN6O2/c30-23-17-21(6-7-22(23)29(38)33-13-11-27(37)36-14-1-2-15-36)26-10-8-24(31)28(35-26)34-18-19-5-9-25-20(16-19)4-3-12-32-25/h3-10,12,16-17H,1-2,11,13-15,18,31H2,(H,33,38)(H,34,35). The number of halogens is 1. The van der Waals surface area contributed by atoms with E-state index in [1.807, 2.05) is 24.3 Å². The fourth-order valence-corrected chi connectivity index (χ4v) is 4.55. The maximum absolute atomic E-state index is 14.9. The van der Waals surface area contributed by atoms with Gasteiger partial charge in [-0.15, -0.1) is 0 Å². The average molecular weight is 513 g/mol. The number of aromatic nitrogens is 2. The molecule has 3 heterocycles. The minimum atomic E-state index is -0.663. The Morgan fingerprint density at radius 2 is 1.87 bits per heavy atom. The lowest BCUT2D eigenvalue weighted by molar-refractivity contribution is -0.129. The van der Waals surface area contributed by atoms with Crippen molar-refractivity contribution in [2.45, 2.75) is 25.8 Å². The van der Waals surface area contributed by atoms with Gasteiger partial charge in [0.2, 0.25) is 5.91 Å². The molecule has 0 spiro atoms. The summed E-state index contributed by atoms with van der Waals surface area (Å²) in [5.41, 5.74) is 9.52. The molecule has 4 N–H and O–H groups in total. The molecule has 8 nitrogen and oxygen atoms in total. The molecule has 0 radical (unpaired) electrons. The van der Waals surface area contributed by atoms with Crippen LogP contribution in [0.15, 0.2) is 66.9 Å². The van der Waals surface area contributed by atoms with Gasteiger partial charge in [-0.25, -0.2) is 9.37 Å². The molecule has 0 unspecified atom stereocenters. The zero-order valence-electron chi connectivity index (χ0n) is 20.9. The molecule has 1 aliphatic heterocycles. The summed E-state index contributed by atoms with van der Waals surface area (Å²) in [6.07, 6.45) is 3.99. The quantitative estimate of drug-likeness (QED) is 0.323. The van der Waals surface area contributed by atoms with Crippen LogP contribution in [0.3, 0.4) is 0 Å². The number of fused-ring (bicyclic) bond motifs is 1. The van der Waals surface area contributed by atoms with E-state index in [4.69, 9.17) is 5.73 Å². The molecule has 2 aromatic carbocycles. The highest BCUT2D eigenvalue weighted by atomic mass is 19.1. The van der Waals surface area contributed by atoms with Crippen LogP contribution in [-0.2, 0) is 11.3 Å². The number of amides is 2. The van der Waals surface area contributed by atoms with Gasteiger partial charge in [0, 0.05) is 49.7 Å². The van der Waals surface area contributed by atoms with Gasteiger partial charge in [-0.3, -0.25) is 14.6 Å². The molecule has 1 saturated heterocycles. The minimum Gasteiger partial charge on any atom is -0.396 e. The van der Waals surface area contributed by atoms with Crippen molar-refractivity contribution in [2.24, 2.45) is 0 Å². The van der Waals surface area contributed by atoms with Crippen molar-refractivity contribution in [1.82, 2.24) is 20.2 Å². The highest BCUT2D eigenvalue weighted by Gasteiger charge is 2.18. The predicted molar refractivity (Wildman–Crippen MR) is 146 cm³/mol. The molecular weight excluding hydrogens is 483 g/mol. The number of hydrogen-bond acceptors (Lipinski definition) is 6. The molecule has 2 aromatic heterocycles. The Bertz CT molecular complexity index is 1490. The van der Waals surface area contributed by atoms with Crippen LogP contribution in [0, 0.1) is 5.82 Å². The number of nitrogens with one attached hydrogen (secondary N) is 2.